The largest absolute Gasteiger partial charge is 0.307 e. The molecule has 160 valence electrons. The zero-order valence-corrected chi connectivity index (χ0v) is 20.2. The first-order valence-electron chi connectivity index (χ1n) is 11.7. The predicted octanol–water partition coefficient (Wildman–Crippen LogP) is 7.33. The molecule has 6 rings (SSSR count). The zero-order valence-electron chi connectivity index (χ0n) is 20.2. The van der Waals surface area contributed by atoms with Gasteiger partial charge in [0.1, 0.15) is 7.05 Å². The maximum atomic E-state index is 2.56. The maximum Gasteiger partial charge on any atom is 0.224 e. The summed E-state index contributed by atoms with van der Waals surface area (Å²) in [6, 6.07) is 16.1. The van der Waals surface area contributed by atoms with Crippen molar-refractivity contribution < 1.29 is 4.57 Å². The molecular formula is C30H31N2+. The first-order chi connectivity index (χ1) is 15.2. The number of rotatable bonds is 1. The molecule has 6 aromatic rings. The van der Waals surface area contributed by atoms with Gasteiger partial charge < -0.3 is 4.40 Å². The van der Waals surface area contributed by atoms with Crippen LogP contribution < -0.4 is 4.57 Å². The molecule has 0 N–H and O–H groups in total. The van der Waals surface area contributed by atoms with Gasteiger partial charge in [-0.05, 0) is 72.4 Å². The Morgan fingerprint density at radius 1 is 0.812 bits per heavy atom. The lowest BCUT2D eigenvalue weighted by Gasteiger charge is -2.20. The van der Waals surface area contributed by atoms with Gasteiger partial charge in [-0.25, -0.2) is 4.57 Å². The van der Waals surface area contributed by atoms with Gasteiger partial charge in [-0.1, -0.05) is 45.0 Å². The lowest BCUT2D eigenvalue weighted by Crippen LogP contribution is -2.29. The Morgan fingerprint density at radius 3 is 2.28 bits per heavy atom. The Balaban J connectivity index is 2.01. The second-order valence-corrected chi connectivity index (χ2v) is 10.9. The van der Waals surface area contributed by atoms with Gasteiger partial charge in [-0.2, -0.15) is 0 Å². The Kier molecular flexibility index (Phi) is 3.80. The minimum absolute atomic E-state index is 0.244. The van der Waals surface area contributed by atoms with Crippen molar-refractivity contribution in [3.05, 3.63) is 70.9 Å². The molecule has 2 heteroatoms. The molecule has 0 aliphatic rings. The van der Waals surface area contributed by atoms with Crippen molar-refractivity contribution >= 4 is 49.0 Å². The number of fused-ring (bicyclic) bond motifs is 5. The third-order valence-corrected chi connectivity index (χ3v) is 7.47. The van der Waals surface area contributed by atoms with Crippen LogP contribution in [0.2, 0.25) is 0 Å². The van der Waals surface area contributed by atoms with Crippen LogP contribution in [0.1, 0.15) is 43.0 Å². The molecule has 0 unspecified atom stereocenters. The molecule has 3 aromatic heterocycles. The van der Waals surface area contributed by atoms with Crippen LogP contribution in [0.4, 0.5) is 0 Å². The highest BCUT2D eigenvalue weighted by Gasteiger charge is 2.26. The standard InChI is InChI=1S/C30H31N2/c1-17-18(2)25-22-10-8-9-11-23(22)32-24-15-20(16-30(4,5)6)14-21-12-13-31(7)28(27(21)24)26(19(17)3)29(25)32/h8-15H,16H2,1-7H3/q+1. The molecule has 0 spiro atoms. The fourth-order valence-corrected chi connectivity index (χ4v) is 5.96. The molecule has 2 nitrogen and oxygen atoms in total. The van der Waals surface area contributed by atoms with Crippen LogP contribution >= 0.6 is 0 Å². The summed E-state index contributed by atoms with van der Waals surface area (Å²) in [4.78, 5) is 0. The average molecular weight is 420 g/mol. The highest BCUT2D eigenvalue weighted by atomic mass is 15.0. The molecule has 0 saturated heterocycles. The monoisotopic (exact) mass is 419 g/mol. The first kappa shape index (κ1) is 19.5. The number of nitrogens with zero attached hydrogens (tertiary/aromatic N) is 2. The van der Waals surface area contributed by atoms with Crippen LogP contribution in [0.5, 0.6) is 0 Å². The molecule has 3 aromatic carbocycles. The topological polar surface area (TPSA) is 8.29 Å². The summed E-state index contributed by atoms with van der Waals surface area (Å²) in [5, 5.41) is 6.86. The quantitative estimate of drug-likeness (QED) is 0.150. The SMILES string of the molecule is Cc1c(C)c2c3ccccc3n3c4cc(CC(C)(C)C)cc5cc[n+](C)c(c(c1C)c23)c54. The summed E-state index contributed by atoms with van der Waals surface area (Å²) in [7, 11) is 2.19. The molecule has 0 aliphatic carbocycles. The summed E-state index contributed by atoms with van der Waals surface area (Å²) in [6.07, 6.45) is 3.30. The predicted molar refractivity (Wildman–Crippen MR) is 137 cm³/mol. The Hall–Kier alpha value is -3.13. The van der Waals surface area contributed by atoms with Crippen molar-refractivity contribution in [2.45, 2.75) is 48.0 Å². The third kappa shape index (κ3) is 2.44. The Morgan fingerprint density at radius 2 is 1.53 bits per heavy atom. The van der Waals surface area contributed by atoms with E-state index >= 15 is 0 Å². The molecule has 0 amide bonds. The van der Waals surface area contributed by atoms with E-state index in [0.717, 1.165) is 6.42 Å². The van der Waals surface area contributed by atoms with Gasteiger partial charge in [0.15, 0.2) is 6.20 Å². The number of aryl methyl sites for hydroxylation is 3. The van der Waals surface area contributed by atoms with Crippen molar-refractivity contribution in [2.24, 2.45) is 12.5 Å². The summed E-state index contributed by atoms with van der Waals surface area (Å²) < 4.78 is 4.88. The summed E-state index contributed by atoms with van der Waals surface area (Å²) >= 11 is 0. The highest BCUT2D eigenvalue weighted by molar-refractivity contribution is 6.26. The van der Waals surface area contributed by atoms with Crippen molar-refractivity contribution in [3.63, 3.8) is 0 Å². The van der Waals surface area contributed by atoms with Crippen LogP contribution in [0.15, 0.2) is 48.7 Å². The molecule has 3 heterocycles. The maximum absolute atomic E-state index is 2.56. The number of aromatic nitrogens is 2. The van der Waals surface area contributed by atoms with Gasteiger partial charge in [0.05, 0.1) is 27.3 Å². The smallest absolute Gasteiger partial charge is 0.224 e. The normalized spacial score (nSPS) is 13.0. The van der Waals surface area contributed by atoms with E-state index in [1.165, 1.54) is 71.3 Å². The molecule has 0 saturated carbocycles. The minimum atomic E-state index is 0.244. The number of benzene rings is 3. The van der Waals surface area contributed by atoms with Crippen LogP contribution in [-0.4, -0.2) is 4.40 Å². The van der Waals surface area contributed by atoms with Crippen molar-refractivity contribution in [1.29, 1.82) is 0 Å². The lowest BCUT2D eigenvalue weighted by molar-refractivity contribution is -0.643. The van der Waals surface area contributed by atoms with E-state index in [2.05, 4.69) is 106 Å². The molecule has 32 heavy (non-hydrogen) atoms. The van der Waals surface area contributed by atoms with Crippen molar-refractivity contribution in [2.75, 3.05) is 0 Å². The lowest BCUT2D eigenvalue weighted by atomic mass is 9.86. The first-order valence-corrected chi connectivity index (χ1v) is 11.7. The highest BCUT2D eigenvalue weighted by Crippen LogP contribution is 2.43. The van der Waals surface area contributed by atoms with Crippen LogP contribution in [0.25, 0.3) is 49.0 Å². The summed E-state index contributed by atoms with van der Waals surface area (Å²) in [5.41, 5.74) is 11.2. The zero-order chi connectivity index (χ0) is 22.5. The fraction of sp³-hybridized carbons (Fsp3) is 0.300. The van der Waals surface area contributed by atoms with Gasteiger partial charge in [0.2, 0.25) is 5.52 Å². The molecule has 0 atom stereocenters. The number of para-hydroxylation sites is 1. The van der Waals surface area contributed by atoms with E-state index in [1.807, 2.05) is 0 Å². The van der Waals surface area contributed by atoms with Gasteiger partial charge in [0, 0.05) is 16.8 Å². The summed E-state index contributed by atoms with van der Waals surface area (Å²) in [6.45, 7) is 13.9. The Bertz CT molecular complexity index is 1710. The second-order valence-electron chi connectivity index (χ2n) is 10.9. The van der Waals surface area contributed by atoms with Gasteiger partial charge >= 0.3 is 0 Å². The second kappa shape index (κ2) is 6.22. The van der Waals surface area contributed by atoms with Crippen LogP contribution in [-0.2, 0) is 13.5 Å². The molecule has 0 fully saturated rings. The fourth-order valence-electron chi connectivity index (χ4n) is 5.96. The molecule has 0 radical (unpaired) electrons. The van der Waals surface area contributed by atoms with Gasteiger partial charge in [0.25, 0.3) is 0 Å². The van der Waals surface area contributed by atoms with Crippen molar-refractivity contribution in [3.8, 4) is 0 Å². The van der Waals surface area contributed by atoms with Gasteiger partial charge in [-0.3, -0.25) is 0 Å². The number of pyridine rings is 2. The Labute approximate surface area is 189 Å². The number of hydrogen-bond donors (Lipinski definition) is 0. The van der Waals surface area contributed by atoms with E-state index in [-0.39, 0.29) is 5.41 Å². The van der Waals surface area contributed by atoms with E-state index in [1.54, 1.807) is 0 Å². The van der Waals surface area contributed by atoms with E-state index in [4.69, 9.17) is 0 Å². The van der Waals surface area contributed by atoms with Crippen molar-refractivity contribution in [1.82, 2.24) is 4.40 Å². The van der Waals surface area contributed by atoms with Crippen LogP contribution in [0.3, 0.4) is 0 Å². The molecule has 0 aliphatic heterocycles. The van der Waals surface area contributed by atoms with E-state index < -0.39 is 0 Å². The molecular weight excluding hydrogens is 388 g/mol. The van der Waals surface area contributed by atoms with E-state index in [9.17, 15) is 0 Å². The minimum Gasteiger partial charge on any atom is -0.307 e. The molecule has 0 bridgehead atoms. The summed E-state index contributed by atoms with van der Waals surface area (Å²) in [5.74, 6) is 0. The third-order valence-electron chi connectivity index (χ3n) is 7.47. The average Bonchev–Trinajstić information content (AvgIpc) is 3.08. The number of hydrogen-bond acceptors (Lipinski definition) is 0. The van der Waals surface area contributed by atoms with Crippen LogP contribution in [0, 0.1) is 26.2 Å². The van der Waals surface area contributed by atoms with Gasteiger partial charge in [-0.15, -0.1) is 0 Å². The van der Waals surface area contributed by atoms with E-state index in [0.29, 0.717) is 0 Å².